The maximum absolute atomic E-state index is 3.45. The summed E-state index contributed by atoms with van der Waals surface area (Å²) in [6.07, 6.45) is 0. The lowest BCUT2D eigenvalue weighted by Crippen LogP contribution is -2.25. The van der Waals surface area contributed by atoms with Gasteiger partial charge in [-0.2, -0.15) is 0 Å². The van der Waals surface area contributed by atoms with Gasteiger partial charge in [0.15, 0.2) is 0 Å². The van der Waals surface area contributed by atoms with Crippen LogP contribution in [0, 0.1) is 13.8 Å². The molecule has 1 nitrogen and oxygen atoms in total. The Balaban J connectivity index is 2.17. The second-order valence-corrected chi connectivity index (χ2v) is 6.69. The van der Waals surface area contributed by atoms with Gasteiger partial charge in [-0.1, -0.05) is 55.0 Å². The van der Waals surface area contributed by atoms with Crippen molar-refractivity contribution in [2.75, 3.05) is 7.05 Å². The molecule has 0 spiro atoms. The van der Waals surface area contributed by atoms with E-state index in [1.54, 1.807) is 0 Å². The van der Waals surface area contributed by atoms with Crippen molar-refractivity contribution in [3.63, 3.8) is 0 Å². The van der Waals surface area contributed by atoms with E-state index in [4.69, 9.17) is 0 Å². The van der Waals surface area contributed by atoms with Crippen molar-refractivity contribution in [3.05, 3.63) is 65.2 Å². The van der Waals surface area contributed by atoms with Crippen LogP contribution in [-0.4, -0.2) is 12.3 Å². The molecule has 2 unspecified atom stereocenters. The highest BCUT2D eigenvalue weighted by molar-refractivity contribution is 8.00. The van der Waals surface area contributed by atoms with Gasteiger partial charge < -0.3 is 5.32 Å². The average molecular weight is 285 g/mol. The van der Waals surface area contributed by atoms with E-state index in [2.05, 4.69) is 74.6 Å². The van der Waals surface area contributed by atoms with Gasteiger partial charge in [0, 0.05) is 16.2 Å². The molecule has 0 radical (unpaired) electrons. The first-order chi connectivity index (χ1) is 9.61. The van der Waals surface area contributed by atoms with E-state index < -0.39 is 0 Å². The molecule has 0 amide bonds. The second-order valence-electron chi connectivity index (χ2n) is 5.27. The van der Waals surface area contributed by atoms with Gasteiger partial charge in [-0.15, -0.1) is 11.8 Å². The first-order valence-electron chi connectivity index (χ1n) is 7.08. The van der Waals surface area contributed by atoms with Gasteiger partial charge in [0.2, 0.25) is 0 Å². The number of hydrogen-bond donors (Lipinski definition) is 1. The Morgan fingerprint density at radius 2 is 1.70 bits per heavy atom. The molecule has 0 saturated heterocycles. The van der Waals surface area contributed by atoms with Gasteiger partial charge >= 0.3 is 0 Å². The zero-order valence-electron chi connectivity index (χ0n) is 12.7. The lowest BCUT2D eigenvalue weighted by molar-refractivity contribution is 0.589. The van der Waals surface area contributed by atoms with E-state index >= 15 is 0 Å². The minimum Gasteiger partial charge on any atom is -0.312 e. The normalized spacial score (nSPS) is 14.0. The smallest absolute Gasteiger partial charge is 0.0438 e. The topological polar surface area (TPSA) is 12.0 Å². The lowest BCUT2D eigenvalue weighted by Gasteiger charge is -2.24. The minimum atomic E-state index is 0.362. The van der Waals surface area contributed by atoms with Crippen molar-refractivity contribution in [2.45, 2.75) is 37.0 Å². The second kappa shape index (κ2) is 6.96. The van der Waals surface area contributed by atoms with Crippen LogP contribution in [0.5, 0.6) is 0 Å². The summed E-state index contributed by atoms with van der Waals surface area (Å²) in [7, 11) is 2.04. The summed E-state index contributed by atoms with van der Waals surface area (Å²) in [5.74, 6) is 0. The summed E-state index contributed by atoms with van der Waals surface area (Å²) in [5, 5.41) is 3.93. The van der Waals surface area contributed by atoms with Crippen LogP contribution in [0.25, 0.3) is 0 Å². The van der Waals surface area contributed by atoms with Gasteiger partial charge in [-0.25, -0.2) is 0 Å². The van der Waals surface area contributed by atoms with Gasteiger partial charge in [-0.05, 0) is 38.1 Å². The molecule has 0 bridgehead atoms. The van der Waals surface area contributed by atoms with Crippen molar-refractivity contribution in [1.29, 1.82) is 0 Å². The maximum atomic E-state index is 3.45. The Hall–Kier alpha value is -1.25. The monoisotopic (exact) mass is 285 g/mol. The zero-order valence-corrected chi connectivity index (χ0v) is 13.5. The first kappa shape index (κ1) is 15.1. The Morgan fingerprint density at radius 1 is 1.00 bits per heavy atom. The summed E-state index contributed by atoms with van der Waals surface area (Å²) in [4.78, 5) is 1.38. The number of benzene rings is 2. The highest BCUT2D eigenvalue weighted by Gasteiger charge is 2.19. The molecule has 0 aromatic heterocycles. The molecule has 0 aliphatic heterocycles. The van der Waals surface area contributed by atoms with Crippen molar-refractivity contribution in [2.24, 2.45) is 0 Å². The molecule has 0 heterocycles. The maximum Gasteiger partial charge on any atom is 0.0438 e. The number of aryl methyl sites for hydroxylation is 2. The van der Waals surface area contributed by atoms with Crippen LogP contribution in [0.1, 0.15) is 29.7 Å². The molecule has 20 heavy (non-hydrogen) atoms. The van der Waals surface area contributed by atoms with Crippen LogP contribution < -0.4 is 5.32 Å². The molecule has 0 saturated carbocycles. The Bertz CT molecular complexity index is 551. The molecule has 0 aliphatic rings. The highest BCUT2D eigenvalue weighted by atomic mass is 32.2. The minimum absolute atomic E-state index is 0.362. The standard InChI is InChI=1S/C18H23NS/c1-13-10-11-14(2)17(12-13)20-15(3)18(19-4)16-8-6-5-7-9-16/h5-12,15,18-19H,1-4H3. The van der Waals surface area contributed by atoms with Crippen LogP contribution in [0.15, 0.2) is 53.4 Å². The summed E-state index contributed by atoms with van der Waals surface area (Å²) in [6, 6.07) is 17.7. The summed E-state index contributed by atoms with van der Waals surface area (Å²) in [6.45, 7) is 6.63. The number of hydrogen-bond acceptors (Lipinski definition) is 2. The van der Waals surface area contributed by atoms with Crippen LogP contribution in [0.3, 0.4) is 0 Å². The Morgan fingerprint density at radius 3 is 2.35 bits per heavy atom. The van der Waals surface area contributed by atoms with Gasteiger partial charge in [0.1, 0.15) is 0 Å². The molecule has 106 valence electrons. The molecule has 2 heteroatoms. The van der Waals surface area contributed by atoms with Crippen LogP contribution >= 0.6 is 11.8 Å². The fraction of sp³-hybridized carbons (Fsp3) is 0.333. The van der Waals surface area contributed by atoms with Gasteiger partial charge in [0.05, 0.1) is 0 Å². The third-order valence-corrected chi connectivity index (χ3v) is 4.93. The number of rotatable bonds is 5. The SMILES string of the molecule is CNC(c1ccccc1)C(C)Sc1cc(C)ccc1C. The lowest BCUT2D eigenvalue weighted by atomic mass is 10.0. The zero-order chi connectivity index (χ0) is 14.5. The van der Waals surface area contributed by atoms with E-state index in [1.165, 1.54) is 21.6 Å². The van der Waals surface area contributed by atoms with Crippen molar-refractivity contribution in [1.82, 2.24) is 5.32 Å². The third kappa shape index (κ3) is 3.65. The molecule has 2 rings (SSSR count). The van der Waals surface area contributed by atoms with Crippen molar-refractivity contribution in [3.8, 4) is 0 Å². The molecular weight excluding hydrogens is 262 g/mol. The predicted octanol–water partition coefficient (Wildman–Crippen LogP) is 4.74. The molecule has 2 atom stereocenters. The molecule has 2 aromatic carbocycles. The summed E-state index contributed by atoms with van der Waals surface area (Å²) < 4.78 is 0. The fourth-order valence-corrected chi connectivity index (χ4v) is 3.77. The largest absolute Gasteiger partial charge is 0.312 e. The first-order valence-corrected chi connectivity index (χ1v) is 7.96. The van der Waals surface area contributed by atoms with Crippen LogP contribution in [0.4, 0.5) is 0 Å². The van der Waals surface area contributed by atoms with E-state index in [0.29, 0.717) is 11.3 Å². The fourth-order valence-electron chi connectivity index (χ4n) is 2.44. The Kier molecular flexibility index (Phi) is 5.27. The van der Waals surface area contributed by atoms with Gasteiger partial charge in [0.25, 0.3) is 0 Å². The van der Waals surface area contributed by atoms with Crippen molar-refractivity contribution < 1.29 is 0 Å². The van der Waals surface area contributed by atoms with Crippen LogP contribution in [-0.2, 0) is 0 Å². The van der Waals surface area contributed by atoms with Crippen LogP contribution in [0.2, 0.25) is 0 Å². The molecule has 0 aliphatic carbocycles. The van der Waals surface area contributed by atoms with E-state index in [0.717, 1.165) is 0 Å². The van der Waals surface area contributed by atoms with E-state index in [-0.39, 0.29) is 0 Å². The molecular formula is C18H23NS. The molecule has 2 aromatic rings. The predicted molar refractivity (Wildman–Crippen MR) is 89.5 cm³/mol. The van der Waals surface area contributed by atoms with Crippen molar-refractivity contribution >= 4 is 11.8 Å². The third-order valence-electron chi connectivity index (χ3n) is 3.60. The molecule has 1 N–H and O–H groups in total. The van der Waals surface area contributed by atoms with E-state index in [1.807, 2.05) is 18.8 Å². The number of nitrogens with one attached hydrogen (secondary N) is 1. The van der Waals surface area contributed by atoms with Gasteiger partial charge in [-0.3, -0.25) is 0 Å². The number of thioether (sulfide) groups is 1. The summed E-state index contributed by atoms with van der Waals surface area (Å²) >= 11 is 1.95. The average Bonchev–Trinajstić information content (AvgIpc) is 2.45. The molecule has 0 fully saturated rings. The van der Waals surface area contributed by atoms with E-state index in [9.17, 15) is 0 Å². The highest BCUT2D eigenvalue weighted by Crippen LogP contribution is 2.34. The Labute approximate surface area is 126 Å². The quantitative estimate of drug-likeness (QED) is 0.796. The summed E-state index contributed by atoms with van der Waals surface area (Å²) in [5.41, 5.74) is 4.03.